The molecule has 2 aromatic heterocycles. The quantitative estimate of drug-likeness (QED) is 0.687. The number of carbonyl (C=O) groups is 1. The van der Waals surface area contributed by atoms with Gasteiger partial charge in [0.05, 0.1) is 11.9 Å². The van der Waals surface area contributed by atoms with Crippen LogP contribution in [0.2, 0.25) is 5.02 Å². The van der Waals surface area contributed by atoms with Crippen molar-refractivity contribution in [2.45, 2.75) is 19.8 Å². The molecule has 1 aromatic carbocycles. The van der Waals surface area contributed by atoms with Gasteiger partial charge in [-0.2, -0.15) is 5.10 Å². The number of benzene rings is 1. The number of fused-ring (bicyclic) bond motifs is 1. The van der Waals surface area contributed by atoms with Gasteiger partial charge in [0.1, 0.15) is 5.69 Å². The van der Waals surface area contributed by atoms with Crippen LogP contribution in [0.15, 0.2) is 36.5 Å². The Morgan fingerprint density at radius 2 is 1.95 bits per heavy atom. The predicted molar refractivity (Wildman–Crippen MR) is 82.9 cm³/mol. The van der Waals surface area contributed by atoms with E-state index in [4.69, 9.17) is 11.6 Å². The normalized spacial score (nSPS) is 11.2. The van der Waals surface area contributed by atoms with Crippen molar-refractivity contribution >= 4 is 23.5 Å². The van der Waals surface area contributed by atoms with Crippen molar-refractivity contribution in [1.82, 2.24) is 14.6 Å². The first-order chi connectivity index (χ1) is 10.1. The van der Waals surface area contributed by atoms with Gasteiger partial charge in [-0.3, -0.25) is 4.79 Å². The first kappa shape index (κ1) is 13.8. The molecule has 0 aliphatic carbocycles. The van der Waals surface area contributed by atoms with Crippen molar-refractivity contribution in [3.05, 3.63) is 52.8 Å². The van der Waals surface area contributed by atoms with Crippen LogP contribution in [0, 0.1) is 0 Å². The van der Waals surface area contributed by atoms with E-state index in [-0.39, 0.29) is 5.92 Å². The van der Waals surface area contributed by atoms with Crippen molar-refractivity contribution in [3.63, 3.8) is 0 Å². The first-order valence-electron chi connectivity index (χ1n) is 6.70. The van der Waals surface area contributed by atoms with E-state index in [0.29, 0.717) is 10.7 Å². The molecular weight excluding hydrogens is 286 g/mol. The number of hydrogen-bond donors (Lipinski definition) is 0. The zero-order valence-electron chi connectivity index (χ0n) is 11.7. The van der Waals surface area contributed by atoms with E-state index in [2.05, 4.69) is 23.9 Å². The van der Waals surface area contributed by atoms with Gasteiger partial charge in [-0.15, -0.1) is 0 Å². The Bertz CT molecular complexity index is 806. The molecule has 0 saturated heterocycles. The maximum absolute atomic E-state index is 10.9. The Hall–Kier alpha value is -2.20. The number of halogens is 1. The van der Waals surface area contributed by atoms with Crippen LogP contribution in [-0.4, -0.2) is 20.9 Å². The lowest BCUT2D eigenvalue weighted by Crippen LogP contribution is -2.00. The van der Waals surface area contributed by atoms with E-state index >= 15 is 0 Å². The molecule has 2 heterocycles. The van der Waals surface area contributed by atoms with Crippen LogP contribution in [0.25, 0.3) is 16.9 Å². The second kappa shape index (κ2) is 5.30. The Labute approximate surface area is 127 Å². The third-order valence-electron chi connectivity index (χ3n) is 3.36. The van der Waals surface area contributed by atoms with Gasteiger partial charge in [-0.25, -0.2) is 9.50 Å². The molecule has 0 bridgehead atoms. The molecule has 21 heavy (non-hydrogen) atoms. The maximum Gasteiger partial charge on any atom is 0.170 e. The fourth-order valence-corrected chi connectivity index (χ4v) is 2.39. The van der Waals surface area contributed by atoms with Crippen LogP contribution in [0.5, 0.6) is 0 Å². The lowest BCUT2D eigenvalue weighted by atomic mass is 10.0. The molecule has 3 rings (SSSR count). The van der Waals surface area contributed by atoms with E-state index in [1.807, 2.05) is 30.3 Å². The van der Waals surface area contributed by atoms with Crippen molar-refractivity contribution in [1.29, 1.82) is 0 Å². The summed E-state index contributed by atoms with van der Waals surface area (Å²) in [7, 11) is 0. The summed E-state index contributed by atoms with van der Waals surface area (Å²) in [6, 6.07) is 9.55. The summed E-state index contributed by atoms with van der Waals surface area (Å²) >= 11 is 5.92. The van der Waals surface area contributed by atoms with Crippen LogP contribution in [0.1, 0.15) is 35.8 Å². The lowest BCUT2D eigenvalue weighted by Gasteiger charge is -2.10. The molecule has 0 unspecified atom stereocenters. The molecule has 0 aliphatic heterocycles. The average molecular weight is 300 g/mol. The molecule has 0 atom stereocenters. The van der Waals surface area contributed by atoms with E-state index < -0.39 is 0 Å². The molecule has 106 valence electrons. The molecule has 0 fully saturated rings. The zero-order chi connectivity index (χ0) is 15.0. The predicted octanol–water partition coefficient (Wildman–Crippen LogP) is 3.99. The number of imidazole rings is 1. The molecule has 3 aromatic rings. The minimum absolute atomic E-state index is 0.281. The number of hydrogen-bond acceptors (Lipinski definition) is 3. The highest BCUT2D eigenvalue weighted by molar-refractivity contribution is 6.30. The number of rotatable bonds is 3. The highest BCUT2D eigenvalue weighted by atomic mass is 35.5. The van der Waals surface area contributed by atoms with Crippen LogP contribution < -0.4 is 0 Å². The zero-order valence-corrected chi connectivity index (χ0v) is 12.5. The van der Waals surface area contributed by atoms with Gasteiger partial charge >= 0.3 is 0 Å². The number of carbonyl (C=O) groups excluding carboxylic acids is 1. The van der Waals surface area contributed by atoms with Crippen molar-refractivity contribution in [3.8, 4) is 11.3 Å². The highest BCUT2D eigenvalue weighted by Crippen LogP contribution is 2.26. The second-order valence-corrected chi connectivity index (χ2v) is 5.63. The smallest absolute Gasteiger partial charge is 0.170 e. The van der Waals surface area contributed by atoms with Gasteiger partial charge in [-0.05, 0) is 24.1 Å². The fraction of sp³-hybridized carbons (Fsp3) is 0.188. The average Bonchev–Trinajstić information content (AvgIpc) is 2.89. The van der Waals surface area contributed by atoms with E-state index in [1.54, 1.807) is 10.7 Å². The summed E-state index contributed by atoms with van der Waals surface area (Å²) in [6.45, 7) is 4.19. The van der Waals surface area contributed by atoms with E-state index in [9.17, 15) is 4.79 Å². The van der Waals surface area contributed by atoms with Gasteiger partial charge in [0.15, 0.2) is 11.9 Å². The van der Waals surface area contributed by atoms with Crippen LogP contribution in [0.4, 0.5) is 0 Å². The highest BCUT2D eigenvalue weighted by Gasteiger charge is 2.13. The van der Waals surface area contributed by atoms with E-state index in [1.165, 1.54) is 0 Å². The molecule has 0 radical (unpaired) electrons. The first-order valence-corrected chi connectivity index (χ1v) is 7.07. The molecule has 4 nitrogen and oxygen atoms in total. The molecule has 5 heteroatoms. The van der Waals surface area contributed by atoms with Gasteiger partial charge in [0.2, 0.25) is 0 Å². The number of aldehydes is 1. The summed E-state index contributed by atoms with van der Waals surface area (Å²) in [5, 5.41) is 5.23. The van der Waals surface area contributed by atoms with Crippen LogP contribution in [-0.2, 0) is 0 Å². The topological polar surface area (TPSA) is 47.3 Å². The SMILES string of the molecule is CC(C)c1cc(-c2ccc(Cl)cc2)nn2cc(C=O)nc12. The summed E-state index contributed by atoms with van der Waals surface area (Å²) in [5.74, 6) is 0.281. The Balaban J connectivity index is 2.24. The van der Waals surface area contributed by atoms with Gasteiger partial charge in [0.25, 0.3) is 0 Å². The van der Waals surface area contributed by atoms with Crippen LogP contribution in [0.3, 0.4) is 0 Å². The molecule has 0 saturated carbocycles. The summed E-state index contributed by atoms with van der Waals surface area (Å²) < 4.78 is 1.67. The van der Waals surface area contributed by atoms with E-state index in [0.717, 1.165) is 28.8 Å². The molecule has 0 spiro atoms. The minimum atomic E-state index is 0.281. The van der Waals surface area contributed by atoms with Crippen molar-refractivity contribution < 1.29 is 4.79 Å². The third-order valence-corrected chi connectivity index (χ3v) is 3.61. The van der Waals surface area contributed by atoms with Gasteiger partial charge in [-0.1, -0.05) is 37.6 Å². The second-order valence-electron chi connectivity index (χ2n) is 5.20. The van der Waals surface area contributed by atoms with Gasteiger partial charge in [0, 0.05) is 16.1 Å². The third kappa shape index (κ3) is 2.54. The molecule has 0 N–H and O–H groups in total. The van der Waals surface area contributed by atoms with Gasteiger partial charge < -0.3 is 0 Å². The number of aromatic nitrogens is 3. The fourth-order valence-electron chi connectivity index (χ4n) is 2.26. The largest absolute Gasteiger partial charge is 0.296 e. The minimum Gasteiger partial charge on any atom is -0.296 e. The van der Waals surface area contributed by atoms with Crippen molar-refractivity contribution in [2.75, 3.05) is 0 Å². The standard InChI is InChI=1S/C16H14ClN3O/c1-10(2)14-7-15(11-3-5-12(17)6-4-11)19-20-8-13(9-21)18-16(14)20/h3-10H,1-2H3. The van der Waals surface area contributed by atoms with Crippen molar-refractivity contribution in [2.24, 2.45) is 0 Å². The molecular formula is C16H14ClN3O. The summed E-state index contributed by atoms with van der Waals surface area (Å²) in [5.41, 5.74) is 3.98. The Morgan fingerprint density at radius 1 is 1.24 bits per heavy atom. The Morgan fingerprint density at radius 3 is 2.57 bits per heavy atom. The Kier molecular flexibility index (Phi) is 3.47. The molecule has 0 aliphatic rings. The van der Waals surface area contributed by atoms with Crippen LogP contribution >= 0.6 is 11.6 Å². The summed E-state index contributed by atoms with van der Waals surface area (Å²) in [6.07, 6.45) is 2.38. The number of nitrogens with zero attached hydrogens (tertiary/aromatic N) is 3. The summed E-state index contributed by atoms with van der Waals surface area (Å²) in [4.78, 5) is 15.2. The molecule has 0 amide bonds. The monoisotopic (exact) mass is 299 g/mol. The maximum atomic E-state index is 10.9. The lowest BCUT2D eigenvalue weighted by molar-refractivity contribution is 0.111.